The fourth-order valence-corrected chi connectivity index (χ4v) is 7.62. The number of hydrogen-bond acceptors (Lipinski definition) is 8. The van der Waals surface area contributed by atoms with Gasteiger partial charge in [-0.15, -0.1) is 11.3 Å². The smallest absolute Gasteiger partial charge is 0.310 e. The molecule has 0 radical (unpaired) electrons. The maximum Gasteiger partial charge on any atom is 0.310 e. The van der Waals surface area contributed by atoms with Crippen molar-refractivity contribution in [3.63, 3.8) is 0 Å². The Morgan fingerprint density at radius 2 is 1.87 bits per heavy atom. The molecular weight excluding hydrogens is 528 g/mol. The maximum atomic E-state index is 13.2. The fourth-order valence-electron chi connectivity index (χ4n) is 4.78. The van der Waals surface area contributed by atoms with Crippen LogP contribution in [-0.4, -0.2) is 87.7 Å². The van der Waals surface area contributed by atoms with Crippen LogP contribution in [-0.2, 0) is 32.5 Å². The van der Waals surface area contributed by atoms with Gasteiger partial charge in [0.05, 0.1) is 23.0 Å². The van der Waals surface area contributed by atoms with Crippen LogP contribution in [0.3, 0.4) is 0 Å². The van der Waals surface area contributed by atoms with Gasteiger partial charge in [0.25, 0.3) is 11.8 Å². The third-order valence-corrected chi connectivity index (χ3v) is 9.86. The lowest BCUT2D eigenvalue weighted by Gasteiger charge is -2.30. The maximum absolute atomic E-state index is 13.2. The number of sulfonamides is 1. The summed E-state index contributed by atoms with van der Waals surface area (Å²) in [5.74, 6) is -1.45. The van der Waals surface area contributed by atoms with Gasteiger partial charge in [-0.25, -0.2) is 8.42 Å². The molecule has 2 aliphatic heterocycles. The van der Waals surface area contributed by atoms with Gasteiger partial charge in [-0.05, 0) is 63.1 Å². The lowest BCUT2D eigenvalue weighted by molar-refractivity contribution is -0.149. The number of benzene rings is 1. The predicted octanol–water partition coefficient (Wildman–Crippen LogP) is 2.65. The van der Waals surface area contributed by atoms with E-state index in [1.54, 1.807) is 21.0 Å². The minimum absolute atomic E-state index is 0.0525. The zero-order chi connectivity index (χ0) is 27.6. The molecule has 38 heavy (non-hydrogen) atoms. The van der Waals surface area contributed by atoms with Crippen LogP contribution in [0.15, 0.2) is 29.2 Å². The topological polar surface area (TPSA) is 116 Å². The SMILES string of the molecule is CCOC(=O)C1CCCN(S(=O)(=O)c2ccc(C(=O)Nc3sc4c(c3C(=O)N(C)C)CCN(C)C4)cc2)C1. The van der Waals surface area contributed by atoms with E-state index in [-0.39, 0.29) is 35.5 Å². The first-order valence-corrected chi connectivity index (χ1v) is 14.9. The number of anilines is 1. The molecule has 3 heterocycles. The molecular formula is C26H34N4O6S2. The number of rotatable bonds is 7. The van der Waals surface area contributed by atoms with E-state index in [0.29, 0.717) is 36.5 Å². The third-order valence-electron chi connectivity index (χ3n) is 6.85. The molecule has 206 valence electrons. The van der Waals surface area contributed by atoms with Crippen LogP contribution in [0.1, 0.15) is 50.9 Å². The number of piperidine rings is 1. The number of ether oxygens (including phenoxy) is 1. The molecule has 2 aliphatic rings. The van der Waals surface area contributed by atoms with Crippen molar-refractivity contribution in [2.45, 2.75) is 37.6 Å². The number of hydrogen-bond donors (Lipinski definition) is 1. The van der Waals surface area contributed by atoms with Gasteiger partial charge in [0.15, 0.2) is 0 Å². The van der Waals surface area contributed by atoms with Gasteiger partial charge < -0.3 is 19.9 Å². The molecule has 0 bridgehead atoms. The second-order valence-corrected chi connectivity index (χ2v) is 12.9. The molecule has 12 heteroatoms. The van der Waals surface area contributed by atoms with Crippen molar-refractivity contribution in [1.29, 1.82) is 0 Å². The Hall–Kier alpha value is -2.80. The van der Waals surface area contributed by atoms with Gasteiger partial charge in [0.2, 0.25) is 10.0 Å². The average Bonchev–Trinajstić information content (AvgIpc) is 3.24. The van der Waals surface area contributed by atoms with Gasteiger partial charge in [-0.3, -0.25) is 14.4 Å². The number of nitrogens with one attached hydrogen (secondary N) is 1. The highest BCUT2D eigenvalue weighted by Crippen LogP contribution is 2.37. The van der Waals surface area contributed by atoms with E-state index < -0.39 is 21.8 Å². The molecule has 4 rings (SSSR count). The summed E-state index contributed by atoms with van der Waals surface area (Å²) in [5, 5.41) is 3.39. The molecule has 0 spiro atoms. The lowest BCUT2D eigenvalue weighted by Crippen LogP contribution is -2.42. The molecule has 0 aliphatic carbocycles. The number of likely N-dealkylation sites (N-methyl/N-ethyl adjacent to an activating group) is 1. The van der Waals surface area contributed by atoms with Crippen molar-refractivity contribution >= 4 is 44.1 Å². The molecule has 1 unspecified atom stereocenters. The molecule has 1 N–H and O–H groups in total. The molecule has 1 saturated heterocycles. The zero-order valence-electron chi connectivity index (χ0n) is 22.2. The Bertz CT molecular complexity index is 1320. The first-order chi connectivity index (χ1) is 18.0. The summed E-state index contributed by atoms with van der Waals surface area (Å²) in [5.41, 5.74) is 1.78. The van der Waals surface area contributed by atoms with Crippen molar-refractivity contribution in [1.82, 2.24) is 14.1 Å². The number of amides is 2. The van der Waals surface area contributed by atoms with Gasteiger partial charge in [0, 0.05) is 50.7 Å². The van der Waals surface area contributed by atoms with Gasteiger partial charge >= 0.3 is 5.97 Å². The monoisotopic (exact) mass is 562 g/mol. The summed E-state index contributed by atoms with van der Waals surface area (Å²) >= 11 is 1.41. The van der Waals surface area contributed by atoms with Crippen molar-refractivity contribution in [2.75, 3.05) is 52.7 Å². The minimum Gasteiger partial charge on any atom is -0.466 e. The predicted molar refractivity (Wildman–Crippen MR) is 145 cm³/mol. The number of carbonyl (C=O) groups is 3. The Kier molecular flexibility index (Phi) is 8.55. The van der Waals surface area contributed by atoms with E-state index >= 15 is 0 Å². The van der Waals surface area contributed by atoms with Crippen LogP contribution in [0.5, 0.6) is 0 Å². The molecule has 10 nitrogen and oxygen atoms in total. The Morgan fingerprint density at radius 1 is 1.16 bits per heavy atom. The van der Waals surface area contributed by atoms with Crippen LogP contribution >= 0.6 is 11.3 Å². The number of fused-ring (bicyclic) bond motifs is 1. The summed E-state index contributed by atoms with van der Waals surface area (Å²) in [6.07, 6.45) is 1.88. The van der Waals surface area contributed by atoms with E-state index in [9.17, 15) is 22.8 Å². The van der Waals surface area contributed by atoms with E-state index in [2.05, 4.69) is 10.2 Å². The number of carbonyl (C=O) groups excluding carboxylic acids is 3. The Morgan fingerprint density at radius 3 is 2.53 bits per heavy atom. The van der Waals surface area contributed by atoms with Gasteiger partial charge in [0.1, 0.15) is 5.00 Å². The molecule has 0 saturated carbocycles. The summed E-state index contributed by atoms with van der Waals surface area (Å²) < 4.78 is 32.9. The minimum atomic E-state index is -3.84. The van der Waals surface area contributed by atoms with Crippen LogP contribution in [0.4, 0.5) is 5.00 Å². The zero-order valence-corrected chi connectivity index (χ0v) is 23.8. The number of nitrogens with zero attached hydrogens (tertiary/aromatic N) is 3. The molecule has 1 aromatic carbocycles. The van der Waals surface area contributed by atoms with Crippen LogP contribution in [0.25, 0.3) is 0 Å². The van der Waals surface area contributed by atoms with E-state index in [1.165, 1.54) is 44.8 Å². The normalized spacial score (nSPS) is 18.5. The van der Waals surface area contributed by atoms with Crippen molar-refractivity contribution < 1.29 is 27.5 Å². The number of esters is 1. The highest BCUT2D eigenvalue weighted by Gasteiger charge is 2.34. The standard InChI is InChI=1S/C26H34N4O6S2/c1-5-36-26(33)18-7-6-13-30(15-18)38(34,35)19-10-8-17(9-11-19)23(31)27-24-22(25(32)28(2)3)20-12-14-29(4)16-21(20)37-24/h8-11,18H,5-7,12-16H2,1-4H3,(H,27,31). The third kappa shape index (κ3) is 5.78. The summed E-state index contributed by atoms with van der Waals surface area (Å²) in [6.45, 7) is 3.91. The van der Waals surface area contributed by atoms with Crippen molar-refractivity contribution in [2.24, 2.45) is 5.92 Å². The Labute approximate surface area is 227 Å². The quantitative estimate of drug-likeness (QED) is 0.516. The summed E-state index contributed by atoms with van der Waals surface area (Å²) in [6, 6.07) is 5.73. The first kappa shape index (κ1) is 28.2. The van der Waals surface area contributed by atoms with Gasteiger partial charge in [-0.2, -0.15) is 4.31 Å². The highest BCUT2D eigenvalue weighted by molar-refractivity contribution is 7.89. The number of thiophene rings is 1. The van der Waals surface area contributed by atoms with Crippen LogP contribution in [0.2, 0.25) is 0 Å². The first-order valence-electron chi connectivity index (χ1n) is 12.7. The second-order valence-electron chi connectivity index (χ2n) is 9.83. The van der Waals surface area contributed by atoms with Gasteiger partial charge in [-0.1, -0.05) is 0 Å². The van der Waals surface area contributed by atoms with Crippen LogP contribution in [0, 0.1) is 5.92 Å². The average molecular weight is 563 g/mol. The molecule has 1 fully saturated rings. The van der Waals surface area contributed by atoms with E-state index in [0.717, 1.165) is 23.4 Å². The lowest BCUT2D eigenvalue weighted by atomic mass is 10.0. The molecule has 1 aromatic heterocycles. The van der Waals surface area contributed by atoms with Crippen molar-refractivity contribution in [3.05, 3.63) is 45.8 Å². The molecule has 2 amide bonds. The molecule has 2 aromatic rings. The van der Waals surface area contributed by atoms with Crippen molar-refractivity contribution in [3.8, 4) is 0 Å². The largest absolute Gasteiger partial charge is 0.466 e. The van der Waals surface area contributed by atoms with E-state index in [1.807, 2.05) is 7.05 Å². The summed E-state index contributed by atoms with van der Waals surface area (Å²) in [4.78, 5) is 43.0. The second kappa shape index (κ2) is 11.5. The van der Waals surface area contributed by atoms with Crippen LogP contribution < -0.4 is 5.32 Å². The Balaban J connectivity index is 1.52. The van der Waals surface area contributed by atoms with E-state index in [4.69, 9.17) is 4.74 Å². The fraction of sp³-hybridized carbons (Fsp3) is 0.500. The molecule has 1 atom stereocenters. The highest BCUT2D eigenvalue weighted by atomic mass is 32.2. The summed E-state index contributed by atoms with van der Waals surface area (Å²) in [7, 11) is 1.55.